The summed E-state index contributed by atoms with van der Waals surface area (Å²) >= 11 is 0. The molecule has 6 heteroatoms. The third kappa shape index (κ3) is 2.39. The summed E-state index contributed by atoms with van der Waals surface area (Å²) in [5.74, 6) is -0.0427. The monoisotopic (exact) mass is 300 g/mol. The zero-order valence-electron chi connectivity index (χ0n) is 12.2. The van der Waals surface area contributed by atoms with Crippen LogP contribution in [-0.2, 0) is 14.3 Å². The van der Waals surface area contributed by atoms with E-state index < -0.39 is 11.6 Å². The van der Waals surface area contributed by atoms with Gasteiger partial charge in [-0.15, -0.1) is 0 Å². The van der Waals surface area contributed by atoms with Crippen LogP contribution < -0.4 is 4.74 Å². The molecule has 114 valence electrons. The molecule has 1 aromatic rings. The van der Waals surface area contributed by atoms with Crippen molar-refractivity contribution >= 4 is 11.9 Å². The van der Waals surface area contributed by atoms with Gasteiger partial charge in [-0.3, -0.25) is 4.79 Å². The Hall–Kier alpha value is -2.55. The van der Waals surface area contributed by atoms with Crippen LogP contribution in [0.5, 0.6) is 5.75 Å². The molecule has 0 aromatic heterocycles. The van der Waals surface area contributed by atoms with Gasteiger partial charge in [-0.25, -0.2) is 4.79 Å². The lowest BCUT2D eigenvalue weighted by Crippen LogP contribution is -2.61. The van der Waals surface area contributed by atoms with Gasteiger partial charge in [0.05, 0.1) is 11.6 Å². The average molecular weight is 300 g/mol. The third-order valence-electron chi connectivity index (χ3n) is 4.06. The highest BCUT2D eigenvalue weighted by Gasteiger charge is 2.52. The van der Waals surface area contributed by atoms with Crippen molar-refractivity contribution in [3.8, 4) is 11.8 Å². The van der Waals surface area contributed by atoms with Crippen molar-refractivity contribution in [2.45, 2.75) is 31.4 Å². The predicted molar refractivity (Wildman–Crippen MR) is 75.9 cm³/mol. The summed E-state index contributed by atoms with van der Waals surface area (Å²) in [4.78, 5) is 26.1. The molecule has 3 rings (SSSR count). The van der Waals surface area contributed by atoms with Crippen molar-refractivity contribution in [1.29, 1.82) is 5.26 Å². The smallest absolute Gasteiger partial charge is 0.330 e. The summed E-state index contributed by atoms with van der Waals surface area (Å²) < 4.78 is 10.9. The maximum absolute atomic E-state index is 12.5. The SMILES string of the molecule is C[C@]1(COc2ccc(C#N)cc2)OC(=O)[C@@H]2CCCN2C1=O. The number of amides is 1. The molecule has 0 radical (unpaired) electrons. The maximum Gasteiger partial charge on any atom is 0.330 e. The van der Waals surface area contributed by atoms with Crippen LogP contribution in [-0.4, -0.2) is 41.6 Å². The minimum Gasteiger partial charge on any atom is -0.489 e. The second-order valence-corrected chi connectivity index (χ2v) is 5.73. The zero-order chi connectivity index (χ0) is 15.7. The van der Waals surface area contributed by atoms with Gasteiger partial charge in [0, 0.05) is 6.54 Å². The summed E-state index contributed by atoms with van der Waals surface area (Å²) in [6.07, 6.45) is 1.48. The number of hydrogen-bond donors (Lipinski definition) is 0. The Labute approximate surface area is 128 Å². The first kappa shape index (κ1) is 14.4. The summed E-state index contributed by atoms with van der Waals surface area (Å²) in [6, 6.07) is 8.14. The number of nitrogens with zero attached hydrogens (tertiary/aromatic N) is 2. The van der Waals surface area contributed by atoms with Crippen molar-refractivity contribution in [3.63, 3.8) is 0 Å². The van der Waals surface area contributed by atoms with Crippen LogP contribution in [0, 0.1) is 11.3 Å². The molecule has 0 saturated carbocycles. The number of carbonyl (C=O) groups is 2. The Bertz CT molecular complexity index is 649. The molecule has 2 heterocycles. The van der Waals surface area contributed by atoms with Crippen LogP contribution in [0.1, 0.15) is 25.3 Å². The Morgan fingerprint density at radius 3 is 2.82 bits per heavy atom. The number of hydrogen-bond acceptors (Lipinski definition) is 5. The van der Waals surface area contributed by atoms with Crippen LogP contribution >= 0.6 is 0 Å². The number of ether oxygens (including phenoxy) is 2. The van der Waals surface area contributed by atoms with Gasteiger partial charge in [-0.2, -0.15) is 5.26 Å². The number of cyclic esters (lactones) is 1. The van der Waals surface area contributed by atoms with Gasteiger partial charge in [0.25, 0.3) is 5.91 Å². The first-order valence-corrected chi connectivity index (χ1v) is 7.20. The van der Waals surface area contributed by atoms with Crippen LogP contribution in [0.15, 0.2) is 24.3 Å². The van der Waals surface area contributed by atoms with Gasteiger partial charge in [0.2, 0.25) is 5.60 Å². The first-order chi connectivity index (χ1) is 10.5. The third-order valence-corrected chi connectivity index (χ3v) is 4.06. The minimum absolute atomic E-state index is 0.0489. The molecule has 0 spiro atoms. The van der Waals surface area contributed by atoms with Gasteiger partial charge in [-0.1, -0.05) is 0 Å². The number of rotatable bonds is 3. The van der Waals surface area contributed by atoms with Crippen molar-refractivity contribution in [3.05, 3.63) is 29.8 Å². The molecule has 2 fully saturated rings. The Kier molecular flexibility index (Phi) is 3.49. The van der Waals surface area contributed by atoms with E-state index in [-0.39, 0.29) is 18.5 Å². The predicted octanol–water partition coefficient (Wildman–Crippen LogP) is 1.24. The van der Waals surface area contributed by atoms with Gasteiger partial charge >= 0.3 is 5.97 Å². The van der Waals surface area contributed by atoms with Crippen LogP contribution in [0.2, 0.25) is 0 Å². The Morgan fingerprint density at radius 1 is 1.41 bits per heavy atom. The van der Waals surface area contributed by atoms with Crippen molar-refractivity contribution in [2.24, 2.45) is 0 Å². The molecule has 2 atom stereocenters. The Morgan fingerprint density at radius 2 is 2.14 bits per heavy atom. The second kappa shape index (κ2) is 5.34. The highest BCUT2D eigenvalue weighted by molar-refractivity contribution is 5.95. The van der Waals surface area contributed by atoms with Gasteiger partial charge in [0.15, 0.2) is 0 Å². The summed E-state index contributed by atoms with van der Waals surface area (Å²) in [6.45, 7) is 2.11. The summed E-state index contributed by atoms with van der Waals surface area (Å²) in [7, 11) is 0. The quantitative estimate of drug-likeness (QED) is 0.785. The van der Waals surface area contributed by atoms with Gasteiger partial charge in [0.1, 0.15) is 18.4 Å². The average Bonchev–Trinajstić information content (AvgIpc) is 3.02. The van der Waals surface area contributed by atoms with Crippen LogP contribution in [0.4, 0.5) is 0 Å². The fraction of sp³-hybridized carbons (Fsp3) is 0.438. The largest absolute Gasteiger partial charge is 0.489 e. The highest BCUT2D eigenvalue weighted by Crippen LogP contribution is 2.31. The molecule has 0 bridgehead atoms. The minimum atomic E-state index is -1.30. The summed E-state index contributed by atoms with van der Waals surface area (Å²) in [5.41, 5.74) is -0.773. The lowest BCUT2D eigenvalue weighted by Gasteiger charge is -2.39. The number of morpholine rings is 1. The van der Waals surface area contributed by atoms with Crippen molar-refractivity contribution in [1.82, 2.24) is 4.90 Å². The van der Waals surface area contributed by atoms with E-state index in [9.17, 15) is 9.59 Å². The normalized spacial score (nSPS) is 27.1. The number of nitriles is 1. The maximum atomic E-state index is 12.5. The summed E-state index contributed by atoms with van der Waals surface area (Å²) in [5, 5.41) is 8.76. The Balaban J connectivity index is 1.71. The number of carbonyl (C=O) groups excluding carboxylic acids is 2. The topological polar surface area (TPSA) is 79.6 Å². The molecule has 1 amide bonds. The fourth-order valence-electron chi connectivity index (χ4n) is 2.83. The van der Waals surface area contributed by atoms with Gasteiger partial charge in [-0.05, 0) is 44.0 Å². The molecular formula is C16H16N2O4. The molecule has 0 unspecified atom stereocenters. The zero-order valence-corrected chi connectivity index (χ0v) is 12.2. The fourth-order valence-corrected chi connectivity index (χ4v) is 2.83. The standard InChI is InChI=1S/C16H16N2O4/c1-16(10-21-12-6-4-11(9-17)5-7-12)15(20)18-8-2-3-13(18)14(19)22-16/h4-7,13H,2-3,8,10H2,1H3/t13-,16+/m0/s1. The molecule has 2 saturated heterocycles. The molecule has 2 aliphatic heterocycles. The molecule has 0 aliphatic carbocycles. The number of fused-ring (bicyclic) bond motifs is 1. The molecule has 0 N–H and O–H groups in total. The molecule has 22 heavy (non-hydrogen) atoms. The van der Waals surface area contributed by atoms with E-state index in [0.29, 0.717) is 24.3 Å². The van der Waals surface area contributed by atoms with E-state index in [1.807, 2.05) is 6.07 Å². The van der Waals surface area contributed by atoms with Gasteiger partial charge < -0.3 is 14.4 Å². The highest BCUT2D eigenvalue weighted by atomic mass is 16.6. The van der Waals surface area contributed by atoms with Crippen molar-refractivity contribution in [2.75, 3.05) is 13.2 Å². The van der Waals surface area contributed by atoms with E-state index in [2.05, 4.69) is 0 Å². The van der Waals surface area contributed by atoms with Crippen molar-refractivity contribution < 1.29 is 19.1 Å². The molecule has 2 aliphatic rings. The van der Waals surface area contributed by atoms with Crippen LogP contribution in [0.3, 0.4) is 0 Å². The number of benzene rings is 1. The van der Waals surface area contributed by atoms with E-state index in [1.165, 1.54) is 0 Å². The van der Waals surface area contributed by atoms with Crippen LogP contribution in [0.25, 0.3) is 0 Å². The van der Waals surface area contributed by atoms with E-state index >= 15 is 0 Å². The van der Waals surface area contributed by atoms with E-state index in [1.54, 1.807) is 36.1 Å². The first-order valence-electron chi connectivity index (χ1n) is 7.20. The number of esters is 1. The molecule has 1 aromatic carbocycles. The molecule has 6 nitrogen and oxygen atoms in total. The van der Waals surface area contributed by atoms with E-state index in [0.717, 1.165) is 6.42 Å². The lowest BCUT2D eigenvalue weighted by atomic mass is 10.0. The van der Waals surface area contributed by atoms with E-state index in [4.69, 9.17) is 14.7 Å². The molecular weight excluding hydrogens is 284 g/mol. The lowest BCUT2D eigenvalue weighted by molar-refractivity contribution is -0.191. The second-order valence-electron chi connectivity index (χ2n) is 5.73.